The maximum absolute atomic E-state index is 14.9. The number of nitriles is 1. The molecule has 0 aliphatic carbocycles. The van der Waals surface area contributed by atoms with Crippen LogP contribution in [-0.2, 0) is 12.1 Å². The lowest BCUT2D eigenvalue weighted by Gasteiger charge is -2.34. The van der Waals surface area contributed by atoms with E-state index in [4.69, 9.17) is 5.26 Å². The standard InChI is InChI=1S/C25H19F2N7O2/c1-16(25(36,13-32-15-29-14-31-32)22-7-6-20(26)9-23(22)27)34-24(35)33-12-19(8-21(33)11-30-34)18-4-2-17(10-28)3-5-18/h2-9,11-12,14-16,36H,13H2,1H3. The summed E-state index contributed by atoms with van der Waals surface area (Å²) in [5.41, 5.74) is -0.278. The highest BCUT2D eigenvalue weighted by atomic mass is 19.1. The van der Waals surface area contributed by atoms with Crippen molar-refractivity contribution in [1.29, 1.82) is 5.26 Å². The monoisotopic (exact) mass is 487 g/mol. The molecule has 0 saturated carbocycles. The fourth-order valence-corrected chi connectivity index (χ4v) is 4.23. The molecule has 9 nitrogen and oxygen atoms in total. The summed E-state index contributed by atoms with van der Waals surface area (Å²) in [5.74, 6) is -1.77. The first kappa shape index (κ1) is 23.1. The first-order valence-electron chi connectivity index (χ1n) is 10.9. The molecule has 3 aromatic heterocycles. The second-order valence-corrected chi connectivity index (χ2v) is 8.40. The van der Waals surface area contributed by atoms with Crippen LogP contribution >= 0.6 is 0 Å². The van der Waals surface area contributed by atoms with Crippen molar-refractivity contribution in [3.63, 3.8) is 0 Å². The van der Waals surface area contributed by atoms with Gasteiger partial charge < -0.3 is 5.11 Å². The molecule has 0 radical (unpaired) electrons. The predicted octanol–water partition coefficient (Wildman–Crippen LogP) is 3.05. The predicted molar refractivity (Wildman–Crippen MR) is 125 cm³/mol. The SMILES string of the molecule is CC(n1ncc2cc(-c3ccc(C#N)cc3)cn2c1=O)C(O)(Cn1cncn1)c1ccc(F)cc1F. The van der Waals surface area contributed by atoms with Crippen LogP contribution in [0.2, 0.25) is 0 Å². The average Bonchev–Trinajstić information content (AvgIpc) is 3.54. The molecular formula is C25H19F2N7O2. The van der Waals surface area contributed by atoms with Crippen LogP contribution in [0.1, 0.15) is 24.1 Å². The number of hydrogen-bond donors (Lipinski definition) is 1. The van der Waals surface area contributed by atoms with Crippen molar-refractivity contribution >= 4 is 5.52 Å². The molecule has 0 aliphatic heterocycles. The molecule has 0 fully saturated rings. The second kappa shape index (κ2) is 8.83. The highest BCUT2D eigenvalue weighted by Crippen LogP contribution is 2.36. The smallest absolute Gasteiger partial charge is 0.349 e. The van der Waals surface area contributed by atoms with E-state index in [2.05, 4.69) is 21.3 Å². The third-order valence-corrected chi connectivity index (χ3v) is 6.24. The van der Waals surface area contributed by atoms with Crippen LogP contribution in [0, 0.1) is 23.0 Å². The Kier molecular flexibility index (Phi) is 5.66. The van der Waals surface area contributed by atoms with Gasteiger partial charge in [-0.3, -0.25) is 4.40 Å². The second-order valence-electron chi connectivity index (χ2n) is 8.40. The molecule has 5 rings (SSSR count). The summed E-state index contributed by atoms with van der Waals surface area (Å²) in [6.07, 6.45) is 5.68. The van der Waals surface area contributed by atoms with Crippen LogP contribution in [0.25, 0.3) is 16.6 Å². The minimum atomic E-state index is -2.04. The van der Waals surface area contributed by atoms with Gasteiger partial charge in [0.05, 0.1) is 35.9 Å². The molecule has 0 aliphatic rings. The first-order chi connectivity index (χ1) is 17.3. The Morgan fingerprint density at radius 1 is 1.11 bits per heavy atom. The van der Waals surface area contributed by atoms with Gasteiger partial charge in [-0.25, -0.2) is 27.9 Å². The highest BCUT2D eigenvalue weighted by molar-refractivity contribution is 5.70. The lowest BCUT2D eigenvalue weighted by atomic mass is 9.86. The van der Waals surface area contributed by atoms with Gasteiger partial charge in [-0.05, 0) is 36.8 Å². The summed E-state index contributed by atoms with van der Waals surface area (Å²) in [6.45, 7) is 1.25. The molecule has 1 N–H and O–H groups in total. The maximum Gasteiger partial charge on any atom is 0.349 e. The van der Waals surface area contributed by atoms with E-state index in [9.17, 15) is 18.7 Å². The summed E-state index contributed by atoms with van der Waals surface area (Å²) in [6, 6.07) is 12.5. The molecule has 36 heavy (non-hydrogen) atoms. The highest BCUT2D eigenvalue weighted by Gasteiger charge is 2.41. The summed E-state index contributed by atoms with van der Waals surface area (Å²) in [4.78, 5) is 17.3. The van der Waals surface area contributed by atoms with Crippen LogP contribution in [0.3, 0.4) is 0 Å². The molecule has 0 spiro atoms. The largest absolute Gasteiger partial charge is 0.381 e. The van der Waals surface area contributed by atoms with Gasteiger partial charge in [0.25, 0.3) is 0 Å². The molecular weight excluding hydrogens is 468 g/mol. The molecule has 3 heterocycles. The zero-order valence-corrected chi connectivity index (χ0v) is 19.0. The zero-order chi connectivity index (χ0) is 25.4. The van der Waals surface area contributed by atoms with Gasteiger partial charge in [0.15, 0.2) is 0 Å². The molecule has 11 heteroatoms. The Morgan fingerprint density at radius 2 is 1.89 bits per heavy atom. The number of halogens is 2. The van der Waals surface area contributed by atoms with Crippen molar-refractivity contribution < 1.29 is 13.9 Å². The molecule has 2 aromatic carbocycles. The third kappa shape index (κ3) is 3.93. The van der Waals surface area contributed by atoms with E-state index in [1.54, 1.807) is 36.5 Å². The summed E-state index contributed by atoms with van der Waals surface area (Å²) in [5, 5.41) is 29.0. The van der Waals surface area contributed by atoms with Crippen LogP contribution in [-0.4, -0.2) is 34.1 Å². The van der Waals surface area contributed by atoms with E-state index in [1.807, 2.05) is 0 Å². The van der Waals surface area contributed by atoms with Gasteiger partial charge in [-0.15, -0.1) is 0 Å². The molecule has 2 unspecified atom stereocenters. The molecule has 0 bridgehead atoms. The first-order valence-corrected chi connectivity index (χ1v) is 10.9. The Morgan fingerprint density at radius 3 is 2.56 bits per heavy atom. The van der Waals surface area contributed by atoms with Crippen LogP contribution < -0.4 is 5.69 Å². The average molecular weight is 487 g/mol. The van der Waals surface area contributed by atoms with Gasteiger partial charge in [0.2, 0.25) is 0 Å². The van der Waals surface area contributed by atoms with Gasteiger partial charge >= 0.3 is 5.69 Å². The van der Waals surface area contributed by atoms with Crippen molar-refractivity contribution in [2.24, 2.45) is 0 Å². The van der Waals surface area contributed by atoms with E-state index in [0.29, 0.717) is 17.1 Å². The number of benzene rings is 2. The summed E-state index contributed by atoms with van der Waals surface area (Å²) >= 11 is 0. The fraction of sp³-hybridized carbons (Fsp3) is 0.160. The van der Waals surface area contributed by atoms with E-state index in [0.717, 1.165) is 27.9 Å². The quantitative estimate of drug-likeness (QED) is 0.394. The van der Waals surface area contributed by atoms with Crippen molar-refractivity contribution in [2.75, 3.05) is 0 Å². The van der Waals surface area contributed by atoms with Gasteiger partial charge in [0, 0.05) is 23.4 Å². The molecule has 2 atom stereocenters. The Hall–Kier alpha value is -4.69. The van der Waals surface area contributed by atoms with Crippen molar-refractivity contribution in [2.45, 2.75) is 25.1 Å². The number of fused-ring (bicyclic) bond motifs is 1. The Bertz CT molecular complexity index is 1650. The zero-order valence-electron chi connectivity index (χ0n) is 19.0. The number of hydrogen-bond acceptors (Lipinski definition) is 6. The van der Waals surface area contributed by atoms with Crippen LogP contribution in [0.5, 0.6) is 0 Å². The van der Waals surface area contributed by atoms with Crippen molar-refractivity contribution in [1.82, 2.24) is 28.9 Å². The molecule has 180 valence electrons. The Labute approximate surface area is 203 Å². The summed E-state index contributed by atoms with van der Waals surface area (Å²) < 4.78 is 32.2. The Balaban J connectivity index is 1.61. The number of aromatic nitrogens is 6. The van der Waals surface area contributed by atoms with Gasteiger partial charge in [-0.1, -0.05) is 18.2 Å². The lowest BCUT2D eigenvalue weighted by molar-refractivity contribution is -0.0390. The van der Waals surface area contributed by atoms with E-state index < -0.39 is 29.0 Å². The van der Waals surface area contributed by atoms with Crippen molar-refractivity contribution in [3.8, 4) is 17.2 Å². The summed E-state index contributed by atoms with van der Waals surface area (Å²) in [7, 11) is 0. The minimum Gasteiger partial charge on any atom is -0.381 e. The van der Waals surface area contributed by atoms with E-state index in [1.165, 1.54) is 34.9 Å². The van der Waals surface area contributed by atoms with Crippen molar-refractivity contribution in [3.05, 3.63) is 107 Å². The lowest BCUT2D eigenvalue weighted by Crippen LogP contribution is -2.45. The van der Waals surface area contributed by atoms with E-state index in [-0.39, 0.29) is 12.1 Å². The molecule has 0 saturated heterocycles. The van der Waals surface area contributed by atoms with Crippen LogP contribution in [0.15, 0.2) is 78.4 Å². The maximum atomic E-state index is 14.9. The van der Waals surface area contributed by atoms with Crippen LogP contribution in [0.4, 0.5) is 8.78 Å². The minimum absolute atomic E-state index is 0.216. The number of rotatable bonds is 6. The van der Waals surface area contributed by atoms with Gasteiger partial charge in [0.1, 0.15) is 29.9 Å². The topological polar surface area (TPSA) is 114 Å². The normalized spacial score (nSPS) is 13.9. The number of aliphatic hydroxyl groups is 1. The van der Waals surface area contributed by atoms with Gasteiger partial charge in [-0.2, -0.15) is 15.5 Å². The third-order valence-electron chi connectivity index (χ3n) is 6.24. The fourth-order valence-electron chi connectivity index (χ4n) is 4.23. The molecule has 5 aromatic rings. The molecule has 0 amide bonds. The number of nitrogens with zero attached hydrogens (tertiary/aromatic N) is 7. The van der Waals surface area contributed by atoms with E-state index >= 15 is 0 Å².